The largest absolute Gasteiger partial charge is 0.352 e. The number of carbonyl (C=O) groups excluding carboxylic acids is 1. The van der Waals surface area contributed by atoms with Crippen molar-refractivity contribution in [2.75, 3.05) is 0 Å². The predicted molar refractivity (Wildman–Crippen MR) is 57.0 cm³/mol. The van der Waals surface area contributed by atoms with E-state index in [1.165, 1.54) is 12.8 Å². The summed E-state index contributed by atoms with van der Waals surface area (Å²) in [6.45, 7) is 0.600. The molecule has 0 radical (unpaired) electrons. The van der Waals surface area contributed by atoms with Crippen LogP contribution in [0.5, 0.6) is 0 Å². The first-order valence-electron chi connectivity index (χ1n) is 5.51. The van der Waals surface area contributed by atoms with Crippen LogP contribution in [0.2, 0.25) is 0 Å². The molecule has 4 heteroatoms. The molecule has 0 saturated heterocycles. The lowest BCUT2D eigenvalue weighted by atomic mass is 10.1. The molecule has 15 heavy (non-hydrogen) atoms. The minimum atomic E-state index is 0.205. The molecule has 1 fully saturated rings. The molecule has 1 N–H and O–H groups in total. The number of hydrogen-bond donors (Lipinski definition) is 1. The van der Waals surface area contributed by atoms with Crippen molar-refractivity contribution >= 4 is 5.91 Å². The second-order valence-corrected chi connectivity index (χ2v) is 4.22. The van der Waals surface area contributed by atoms with Crippen LogP contribution in [-0.4, -0.2) is 15.7 Å². The Labute approximate surface area is 89.7 Å². The van der Waals surface area contributed by atoms with Crippen molar-refractivity contribution in [3.63, 3.8) is 0 Å². The topological polar surface area (TPSA) is 46.9 Å². The molecule has 1 aliphatic carbocycles. The lowest BCUT2D eigenvalue weighted by Gasteiger charge is -2.08. The number of aromatic nitrogens is 2. The van der Waals surface area contributed by atoms with E-state index >= 15 is 0 Å². The molecule has 0 aromatic carbocycles. The molecule has 2 rings (SSSR count). The molecule has 4 nitrogen and oxygen atoms in total. The lowest BCUT2D eigenvalue weighted by molar-refractivity contribution is -0.124. The fourth-order valence-electron chi connectivity index (χ4n) is 2.08. The fourth-order valence-corrected chi connectivity index (χ4v) is 2.08. The molecule has 0 bridgehead atoms. The fraction of sp³-hybridized carbons (Fsp3) is 0.636. The van der Waals surface area contributed by atoms with Gasteiger partial charge in [0.2, 0.25) is 5.91 Å². The van der Waals surface area contributed by atoms with E-state index in [-0.39, 0.29) is 11.8 Å². The molecule has 0 unspecified atom stereocenters. The molecule has 1 aromatic rings. The number of rotatable bonds is 3. The number of nitrogens with one attached hydrogen (secondary N) is 1. The van der Waals surface area contributed by atoms with E-state index in [1.807, 2.05) is 13.2 Å². The van der Waals surface area contributed by atoms with Crippen molar-refractivity contribution in [2.24, 2.45) is 13.0 Å². The van der Waals surface area contributed by atoms with E-state index in [9.17, 15) is 4.79 Å². The molecule has 0 atom stereocenters. The Bertz CT molecular complexity index is 339. The van der Waals surface area contributed by atoms with Crippen molar-refractivity contribution in [1.29, 1.82) is 0 Å². The van der Waals surface area contributed by atoms with Gasteiger partial charge in [-0.15, -0.1) is 0 Å². The third-order valence-corrected chi connectivity index (χ3v) is 2.95. The Morgan fingerprint density at radius 3 is 2.93 bits per heavy atom. The molecule has 82 valence electrons. The second kappa shape index (κ2) is 4.47. The van der Waals surface area contributed by atoms with E-state index in [4.69, 9.17) is 0 Å². The summed E-state index contributed by atoms with van der Waals surface area (Å²) in [7, 11) is 1.88. The number of carbonyl (C=O) groups is 1. The van der Waals surface area contributed by atoms with Crippen molar-refractivity contribution in [2.45, 2.75) is 32.2 Å². The zero-order valence-corrected chi connectivity index (χ0v) is 9.07. The molecule has 0 aliphatic heterocycles. The Morgan fingerprint density at radius 1 is 1.60 bits per heavy atom. The summed E-state index contributed by atoms with van der Waals surface area (Å²) in [6.07, 6.45) is 8.22. The maximum absolute atomic E-state index is 11.7. The molecule has 1 saturated carbocycles. The van der Waals surface area contributed by atoms with E-state index in [1.54, 1.807) is 10.9 Å². The summed E-state index contributed by atoms with van der Waals surface area (Å²) in [6, 6.07) is 0. The summed E-state index contributed by atoms with van der Waals surface area (Å²) in [5, 5.41) is 7.02. The van der Waals surface area contributed by atoms with Crippen LogP contribution in [-0.2, 0) is 18.4 Å². The van der Waals surface area contributed by atoms with Crippen molar-refractivity contribution in [3.8, 4) is 0 Å². The maximum atomic E-state index is 11.7. The SMILES string of the molecule is Cn1cc(CNC(=O)C2CCCC2)cn1. The second-order valence-electron chi connectivity index (χ2n) is 4.22. The van der Waals surface area contributed by atoms with E-state index < -0.39 is 0 Å². The van der Waals surface area contributed by atoms with Gasteiger partial charge >= 0.3 is 0 Å². The van der Waals surface area contributed by atoms with Gasteiger partial charge in [0.25, 0.3) is 0 Å². The highest BCUT2D eigenvalue weighted by molar-refractivity contribution is 5.78. The Morgan fingerprint density at radius 2 is 2.33 bits per heavy atom. The van der Waals surface area contributed by atoms with Crippen LogP contribution in [0.1, 0.15) is 31.2 Å². The first-order chi connectivity index (χ1) is 7.25. The van der Waals surface area contributed by atoms with E-state index in [2.05, 4.69) is 10.4 Å². The monoisotopic (exact) mass is 207 g/mol. The summed E-state index contributed by atoms with van der Waals surface area (Å²) < 4.78 is 1.75. The van der Waals surface area contributed by atoms with Gasteiger partial charge in [-0.05, 0) is 12.8 Å². The number of amides is 1. The van der Waals surface area contributed by atoms with Gasteiger partial charge in [0.15, 0.2) is 0 Å². The maximum Gasteiger partial charge on any atom is 0.223 e. The minimum Gasteiger partial charge on any atom is -0.352 e. The first kappa shape index (κ1) is 10.2. The highest BCUT2D eigenvalue weighted by atomic mass is 16.1. The highest BCUT2D eigenvalue weighted by Crippen LogP contribution is 2.24. The molecule has 1 heterocycles. The molecule has 1 aliphatic rings. The van der Waals surface area contributed by atoms with Gasteiger partial charge in [-0.1, -0.05) is 12.8 Å². The lowest BCUT2D eigenvalue weighted by Crippen LogP contribution is -2.28. The van der Waals surface area contributed by atoms with Crippen LogP contribution in [0.3, 0.4) is 0 Å². The standard InChI is InChI=1S/C11H17N3O/c1-14-8-9(7-13-14)6-12-11(15)10-4-2-3-5-10/h7-8,10H,2-6H2,1H3,(H,12,15). The zero-order valence-electron chi connectivity index (χ0n) is 9.07. The van der Waals surface area contributed by atoms with Crippen LogP contribution < -0.4 is 5.32 Å². The molecule has 0 spiro atoms. The van der Waals surface area contributed by atoms with Gasteiger partial charge in [0.05, 0.1) is 6.20 Å². The normalized spacial score (nSPS) is 16.9. The van der Waals surface area contributed by atoms with Gasteiger partial charge in [0, 0.05) is 31.3 Å². The van der Waals surface area contributed by atoms with Crippen LogP contribution in [0, 0.1) is 5.92 Å². The Hall–Kier alpha value is -1.32. The van der Waals surface area contributed by atoms with Crippen LogP contribution in [0.15, 0.2) is 12.4 Å². The number of nitrogens with zero attached hydrogens (tertiary/aromatic N) is 2. The zero-order chi connectivity index (χ0) is 10.7. The number of aryl methyl sites for hydroxylation is 1. The predicted octanol–water partition coefficient (Wildman–Crippen LogP) is 1.23. The highest BCUT2D eigenvalue weighted by Gasteiger charge is 2.22. The average molecular weight is 207 g/mol. The number of hydrogen-bond acceptors (Lipinski definition) is 2. The minimum absolute atomic E-state index is 0.205. The van der Waals surface area contributed by atoms with Crippen LogP contribution >= 0.6 is 0 Å². The summed E-state index contributed by atoms with van der Waals surface area (Å²) in [5.41, 5.74) is 1.06. The molecule has 1 aromatic heterocycles. The molecular formula is C11H17N3O. The first-order valence-corrected chi connectivity index (χ1v) is 5.51. The third-order valence-electron chi connectivity index (χ3n) is 2.95. The van der Waals surface area contributed by atoms with E-state index in [0.29, 0.717) is 6.54 Å². The van der Waals surface area contributed by atoms with Gasteiger partial charge in [-0.25, -0.2) is 0 Å². The quantitative estimate of drug-likeness (QED) is 0.810. The van der Waals surface area contributed by atoms with Crippen molar-refractivity contribution < 1.29 is 4.79 Å². The van der Waals surface area contributed by atoms with Crippen molar-refractivity contribution in [1.82, 2.24) is 15.1 Å². The smallest absolute Gasteiger partial charge is 0.223 e. The summed E-state index contributed by atoms with van der Waals surface area (Å²) >= 11 is 0. The van der Waals surface area contributed by atoms with Gasteiger partial charge in [0.1, 0.15) is 0 Å². The van der Waals surface area contributed by atoms with Crippen molar-refractivity contribution in [3.05, 3.63) is 18.0 Å². The Balaban J connectivity index is 1.80. The Kier molecular flexibility index (Phi) is 3.04. The molecular weight excluding hydrogens is 190 g/mol. The summed E-state index contributed by atoms with van der Waals surface area (Å²) in [4.78, 5) is 11.7. The van der Waals surface area contributed by atoms with Crippen LogP contribution in [0.25, 0.3) is 0 Å². The van der Waals surface area contributed by atoms with E-state index in [0.717, 1.165) is 18.4 Å². The van der Waals surface area contributed by atoms with Gasteiger partial charge in [-0.2, -0.15) is 5.10 Å². The third kappa shape index (κ3) is 2.58. The van der Waals surface area contributed by atoms with Crippen LogP contribution in [0.4, 0.5) is 0 Å². The van der Waals surface area contributed by atoms with Gasteiger partial charge < -0.3 is 5.32 Å². The van der Waals surface area contributed by atoms with Gasteiger partial charge in [-0.3, -0.25) is 9.48 Å². The average Bonchev–Trinajstić information content (AvgIpc) is 2.84. The molecule has 1 amide bonds. The summed E-state index contributed by atoms with van der Waals surface area (Å²) in [5.74, 6) is 0.457.